The highest BCUT2D eigenvalue weighted by atomic mass is 35.5. The molecular formula is C13H19ClFN3. The summed E-state index contributed by atoms with van der Waals surface area (Å²) < 4.78 is 13.5. The van der Waals surface area contributed by atoms with Gasteiger partial charge < -0.3 is 11.1 Å². The van der Waals surface area contributed by atoms with Gasteiger partial charge in [0.2, 0.25) is 0 Å². The maximum Gasteiger partial charge on any atom is 0.166 e. The molecule has 3 nitrogen and oxygen atoms in total. The van der Waals surface area contributed by atoms with E-state index in [0.717, 1.165) is 13.0 Å². The molecule has 3 N–H and O–H groups in total. The molecule has 0 aromatic carbocycles. The Morgan fingerprint density at radius 3 is 2.78 bits per heavy atom. The van der Waals surface area contributed by atoms with Crippen LogP contribution in [0.2, 0.25) is 5.02 Å². The van der Waals surface area contributed by atoms with E-state index in [1.54, 1.807) is 0 Å². The van der Waals surface area contributed by atoms with Crippen molar-refractivity contribution in [2.45, 2.75) is 25.7 Å². The fraction of sp³-hybridized carbons (Fsp3) is 0.615. The molecular weight excluding hydrogens is 253 g/mol. The van der Waals surface area contributed by atoms with Gasteiger partial charge in [-0.15, -0.1) is 0 Å². The third-order valence-corrected chi connectivity index (χ3v) is 3.92. The average Bonchev–Trinajstić information content (AvgIpc) is 2.38. The lowest BCUT2D eigenvalue weighted by atomic mass is 9.79. The maximum absolute atomic E-state index is 13.5. The van der Waals surface area contributed by atoms with Crippen molar-refractivity contribution in [3.63, 3.8) is 0 Å². The van der Waals surface area contributed by atoms with Gasteiger partial charge in [-0.2, -0.15) is 0 Å². The molecule has 0 spiro atoms. The number of nitrogens with zero attached hydrogens (tertiary/aromatic N) is 1. The summed E-state index contributed by atoms with van der Waals surface area (Å²) in [5.74, 6) is 0.936. The van der Waals surface area contributed by atoms with E-state index in [0.29, 0.717) is 23.4 Å². The van der Waals surface area contributed by atoms with Gasteiger partial charge in [0, 0.05) is 12.7 Å². The summed E-state index contributed by atoms with van der Waals surface area (Å²) >= 11 is 5.66. The molecule has 1 aliphatic carbocycles. The highest BCUT2D eigenvalue weighted by Gasteiger charge is 2.23. The molecule has 2 unspecified atom stereocenters. The van der Waals surface area contributed by atoms with Gasteiger partial charge in [-0.3, -0.25) is 0 Å². The molecule has 1 heterocycles. The number of nitrogens with two attached hydrogens (primary N) is 1. The lowest BCUT2D eigenvalue weighted by Gasteiger charge is -2.30. The van der Waals surface area contributed by atoms with Crippen molar-refractivity contribution < 1.29 is 4.39 Å². The van der Waals surface area contributed by atoms with Crippen LogP contribution in [0.4, 0.5) is 10.2 Å². The van der Waals surface area contributed by atoms with E-state index in [-0.39, 0.29) is 5.82 Å². The molecule has 5 heteroatoms. The first-order valence-corrected chi connectivity index (χ1v) is 6.83. The van der Waals surface area contributed by atoms with E-state index in [9.17, 15) is 4.39 Å². The van der Waals surface area contributed by atoms with E-state index in [1.807, 2.05) is 0 Å². The molecule has 1 aliphatic rings. The molecule has 1 fully saturated rings. The molecule has 0 aliphatic heterocycles. The number of halogens is 2. The SMILES string of the molecule is NCC1CCCCC1CNc1ncc(Cl)cc1F. The number of hydrogen-bond donors (Lipinski definition) is 2. The summed E-state index contributed by atoms with van der Waals surface area (Å²) in [5, 5.41) is 3.39. The normalized spacial score (nSPS) is 23.9. The van der Waals surface area contributed by atoms with E-state index in [1.165, 1.54) is 31.5 Å². The van der Waals surface area contributed by atoms with Gasteiger partial charge in [0.15, 0.2) is 11.6 Å². The second-order valence-electron chi connectivity index (χ2n) is 4.91. The van der Waals surface area contributed by atoms with Gasteiger partial charge in [-0.05, 0) is 37.3 Å². The standard InChI is InChI=1S/C13H19ClFN3/c14-11-5-12(15)13(18-8-11)17-7-10-4-2-1-3-9(10)6-16/h5,8-10H,1-4,6-7,16H2,(H,17,18). The van der Waals surface area contributed by atoms with Crippen LogP contribution in [0.1, 0.15) is 25.7 Å². The van der Waals surface area contributed by atoms with Crippen LogP contribution in [0.3, 0.4) is 0 Å². The molecule has 100 valence electrons. The van der Waals surface area contributed by atoms with E-state index >= 15 is 0 Å². The van der Waals surface area contributed by atoms with Gasteiger partial charge in [0.25, 0.3) is 0 Å². The van der Waals surface area contributed by atoms with E-state index in [2.05, 4.69) is 10.3 Å². The van der Waals surface area contributed by atoms with Crippen molar-refractivity contribution in [1.82, 2.24) is 4.98 Å². The zero-order valence-electron chi connectivity index (χ0n) is 10.3. The van der Waals surface area contributed by atoms with Crippen LogP contribution in [0.5, 0.6) is 0 Å². The molecule has 1 aromatic rings. The third kappa shape index (κ3) is 3.33. The highest BCUT2D eigenvalue weighted by Crippen LogP contribution is 2.29. The Labute approximate surface area is 112 Å². The fourth-order valence-electron chi connectivity index (χ4n) is 2.64. The van der Waals surface area contributed by atoms with Gasteiger partial charge in [-0.25, -0.2) is 9.37 Å². The van der Waals surface area contributed by atoms with Crippen LogP contribution in [0.15, 0.2) is 12.3 Å². The van der Waals surface area contributed by atoms with Crippen LogP contribution in [0, 0.1) is 17.7 Å². The van der Waals surface area contributed by atoms with Crippen LogP contribution >= 0.6 is 11.6 Å². The number of rotatable bonds is 4. The van der Waals surface area contributed by atoms with Gasteiger partial charge in [0.1, 0.15) is 0 Å². The zero-order chi connectivity index (χ0) is 13.0. The summed E-state index contributed by atoms with van der Waals surface area (Å²) in [7, 11) is 0. The second-order valence-corrected chi connectivity index (χ2v) is 5.34. The fourth-order valence-corrected chi connectivity index (χ4v) is 2.78. The Bertz CT molecular complexity index is 400. The summed E-state index contributed by atoms with van der Waals surface area (Å²) in [5.41, 5.74) is 5.78. The van der Waals surface area contributed by atoms with E-state index in [4.69, 9.17) is 17.3 Å². The number of aromatic nitrogens is 1. The highest BCUT2D eigenvalue weighted by molar-refractivity contribution is 6.30. The zero-order valence-corrected chi connectivity index (χ0v) is 11.1. The van der Waals surface area contributed by atoms with Crippen LogP contribution in [-0.2, 0) is 0 Å². The minimum atomic E-state index is -0.400. The molecule has 1 saturated carbocycles. The summed E-state index contributed by atoms with van der Waals surface area (Å²) in [6.07, 6.45) is 6.28. The van der Waals surface area contributed by atoms with Crippen LogP contribution < -0.4 is 11.1 Å². The topological polar surface area (TPSA) is 50.9 Å². The molecule has 1 aromatic heterocycles. The number of pyridine rings is 1. The smallest absolute Gasteiger partial charge is 0.166 e. The Morgan fingerprint density at radius 1 is 1.39 bits per heavy atom. The summed E-state index contributed by atoms with van der Waals surface area (Å²) in [4.78, 5) is 3.96. The number of hydrogen-bond acceptors (Lipinski definition) is 3. The van der Waals surface area contributed by atoms with Crippen LogP contribution in [-0.4, -0.2) is 18.1 Å². The summed E-state index contributed by atoms with van der Waals surface area (Å²) in [6, 6.07) is 1.28. The average molecular weight is 272 g/mol. The quantitative estimate of drug-likeness (QED) is 0.885. The number of nitrogens with one attached hydrogen (secondary N) is 1. The molecule has 18 heavy (non-hydrogen) atoms. The Morgan fingerprint density at radius 2 is 2.11 bits per heavy atom. The van der Waals surface area contributed by atoms with Gasteiger partial charge in [0.05, 0.1) is 5.02 Å². The second kappa shape index (κ2) is 6.34. The first-order valence-electron chi connectivity index (χ1n) is 6.45. The molecule has 2 atom stereocenters. The minimum Gasteiger partial charge on any atom is -0.367 e. The van der Waals surface area contributed by atoms with Crippen molar-refractivity contribution in [3.8, 4) is 0 Å². The maximum atomic E-state index is 13.5. The first-order chi connectivity index (χ1) is 8.70. The molecule has 0 radical (unpaired) electrons. The lowest BCUT2D eigenvalue weighted by Crippen LogP contribution is -2.31. The Balaban J connectivity index is 1.93. The van der Waals surface area contributed by atoms with E-state index < -0.39 is 5.82 Å². The Kier molecular flexibility index (Phi) is 4.78. The number of anilines is 1. The molecule has 0 amide bonds. The monoisotopic (exact) mass is 271 g/mol. The van der Waals surface area contributed by atoms with Crippen molar-refractivity contribution in [2.75, 3.05) is 18.4 Å². The van der Waals surface area contributed by atoms with Gasteiger partial charge >= 0.3 is 0 Å². The largest absolute Gasteiger partial charge is 0.367 e. The third-order valence-electron chi connectivity index (χ3n) is 3.71. The lowest BCUT2D eigenvalue weighted by molar-refractivity contribution is 0.255. The predicted octanol–water partition coefficient (Wildman–Crippen LogP) is 3.05. The van der Waals surface area contributed by atoms with Crippen molar-refractivity contribution in [1.29, 1.82) is 0 Å². The van der Waals surface area contributed by atoms with Crippen molar-refractivity contribution >= 4 is 17.4 Å². The van der Waals surface area contributed by atoms with Gasteiger partial charge in [-0.1, -0.05) is 24.4 Å². The Hall–Kier alpha value is -0.870. The molecule has 0 bridgehead atoms. The first kappa shape index (κ1) is 13.6. The predicted molar refractivity (Wildman–Crippen MR) is 72.2 cm³/mol. The van der Waals surface area contributed by atoms with Crippen LogP contribution in [0.25, 0.3) is 0 Å². The summed E-state index contributed by atoms with van der Waals surface area (Å²) in [6.45, 7) is 1.44. The molecule has 2 rings (SSSR count). The van der Waals surface area contributed by atoms with Crippen molar-refractivity contribution in [2.24, 2.45) is 17.6 Å². The molecule has 0 saturated heterocycles. The minimum absolute atomic E-state index is 0.278. The van der Waals surface area contributed by atoms with Crippen molar-refractivity contribution in [3.05, 3.63) is 23.1 Å².